The number of aliphatic hydroxyl groups is 1. The Morgan fingerprint density at radius 3 is 2.12 bits per heavy atom. The highest BCUT2D eigenvalue weighted by atomic mass is 19.4. The summed E-state index contributed by atoms with van der Waals surface area (Å²) in [4.78, 5) is 10.4. The van der Waals surface area contributed by atoms with Crippen molar-refractivity contribution in [2.45, 2.75) is 24.6 Å². The van der Waals surface area contributed by atoms with Crippen LogP contribution in [-0.4, -0.2) is 35.4 Å². The minimum absolute atomic E-state index is 0.102. The molecular formula is C8H9F5O3. The number of alkyl halides is 5. The second kappa shape index (κ2) is 4.36. The predicted molar refractivity (Wildman–Crippen MR) is 42.8 cm³/mol. The topological polar surface area (TPSA) is 46.5 Å². The van der Waals surface area contributed by atoms with Crippen LogP contribution in [0.4, 0.5) is 22.0 Å². The maximum Gasteiger partial charge on any atom is 0.423 e. The molecule has 0 aromatic rings. The lowest BCUT2D eigenvalue weighted by Gasteiger charge is -2.33. The maximum absolute atomic E-state index is 12.9. The molecule has 0 aliphatic rings. The van der Waals surface area contributed by atoms with Crippen molar-refractivity contribution in [3.05, 3.63) is 12.7 Å². The molecular weight excluding hydrogens is 239 g/mol. The zero-order valence-corrected chi connectivity index (χ0v) is 8.15. The van der Waals surface area contributed by atoms with Crippen molar-refractivity contribution < 1.29 is 36.6 Å². The lowest BCUT2D eigenvalue weighted by Crippen LogP contribution is -2.58. The number of rotatable bonds is 4. The Hall–Kier alpha value is -1.18. The number of ether oxygens (including phenoxy) is 1. The van der Waals surface area contributed by atoms with Gasteiger partial charge in [0.2, 0.25) is 5.60 Å². The lowest BCUT2D eigenvalue weighted by molar-refractivity contribution is -0.330. The normalized spacial score (nSPS) is 16.4. The van der Waals surface area contributed by atoms with Crippen molar-refractivity contribution in [3.63, 3.8) is 0 Å². The van der Waals surface area contributed by atoms with Crippen molar-refractivity contribution in [2.24, 2.45) is 0 Å². The molecule has 0 bridgehead atoms. The van der Waals surface area contributed by atoms with E-state index in [0.717, 1.165) is 0 Å². The van der Waals surface area contributed by atoms with Crippen molar-refractivity contribution in [3.8, 4) is 0 Å². The van der Waals surface area contributed by atoms with E-state index < -0.39 is 30.3 Å². The van der Waals surface area contributed by atoms with Gasteiger partial charge in [-0.25, -0.2) is 4.79 Å². The van der Waals surface area contributed by atoms with Gasteiger partial charge in [-0.1, -0.05) is 6.58 Å². The summed E-state index contributed by atoms with van der Waals surface area (Å²) in [7, 11) is 0. The van der Waals surface area contributed by atoms with Crippen LogP contribution < -0.4 is 0 Å². The van der Waals surface area contributed by atoms with E-state index in [9.17, 15) is 26.7 Å². The summed E-state index contributed by atoms with van der Waals surface area (Å²) in [5, 5.41) is 8.67. The fourth-order valence-corrected chi connectivity index (χ4v) is 0.569. The first-order chi connectivity index (χ1) is 6.95. The molecule has 0 saturated carbocycles. The Balaban J connectivity index is 4.78. The van der Waals surface area contributed by atoms with Gasteiger partial charge < -0.3 is 9.84 Å². The van der Waals surface area contributed by atoms with E-state index in [-0.39, 0.29) is 6.92 Å². The van der Waals surface area contributed by atoms with E-state index in [1.54, 1.807) is 0 Å². The van der Waals surface area contributed by atoms with Crippen LogP contribution in [-0.2, 0) is 9.53 Å². The van der Waals surface area contributed by atoms with Gasteiger partial charge in [-0.3, -0.25) is 0 Å². The third-order valence-electron chi connectivity index (χ3n) is 1.83. The van der Waals surface area contributed by atoms with Gasteiger partial charge in [-0.05, 0) is 6.92 Å². The smallest absolute Gasteiger partial charge is 0.423 e. The van der Waals surface area contributed by atoms with Crippen molar-refractivity contribution >= 4 is 5.97 Å². The van der Waals surface area contributed by atoms with Gasteiger partial charge in [0, 0.05) is 6.08 Å². The van der Waals surface area contributed by atoms with E-state index in [2.05, 4.69) is 11.3 Å². The van der Waals surface area contributed by atoms with Crippen molar-refractivity contribution in [2.75, 3.05) is 6.61 Å². The first kappa shape index (κ1) is 14.8. The third-order valence-corrected chi connectivity index (χ3v) is 1.83. The number of halogens is 5. The van der Waals surface area contributed by atoms with Crippen molar-refractivity contribution in [1.29, 1.82) is 0 Å². The monoisotopic (exact) mass is 248 g/mol. The molecule has 0 aromatic heterocycles. The van der Waals surface area contributed by atoms with E-state index in [1.165, 1.54) is 0 Å². The molecule has 0 rings (SSSR count). The first-order valence-corrected chi connectivity index (χ1v) is 3.92. The van der Waals surface area contributed by atoms with Gasteiger partial charge in [0.15, 0.2) is 6.61 Å². The van der Waals surface area contributed by atoms with Crippen LogP contribution in [0.3, 0.4) is 0 Å². The summed E-state index contributed by atoms with van der Waals surface area (Å²) in [5.74, 6) is -5.96. The second-order valence-electron chi connectivity index (χ2n) is 3.09. The molecule has 0 aliphatic carbocycles. The molecule has 16 heavy (non-hydrogen) atoms. The van der Waals surface area contributed by atoms with E-state index >= 15 is 0 Å². The Bertz CT molecular complexity index is 282. The highest BCUT2D eigenvalue weighted by Gasteiger charge is 2.66. The third kappa shape index (κ3) is 2.91. The predicted octanol–water partition coefficient (Wildman–Crippen LogP) is 1.66. The molecule has 0 aromatic carbocycles. The van der Waals surface area contributed by atoms with Crippen LogP contribution in [0.25, 0.3) is 0 Å². The van der Waals surface area contributed by atoms with Crippen LogP contribution in [0.5, 0.6) is 0 Å². The van der Waals surface area contributed by atoms with Gasteiger partial charge in [-0.2, -0.15) is 22.0 Å². The molecule has 1 unspecified atom stereocenters. The molecule has 94 valence electrons. The zero-order valence-electron chi connectivity index (χ0n) is 8.15. The number of carbonyl (C=O) groups excluding carboxylic acids is 1. The van der Waals surface area contributed by atoms with Gasteiger partial charge >= 0.3 is 18.1 Å². The number of esters is 1. The second-order valence-corrected chi connectivity index (χ2v) is 3.09. The fourth-order valence-electron chi connectivity index (χ4n) is 0.569. The largest absolute Gasteiger partial charge is 0.456 e. The highest BCUT2D eigenvalue weighted by molar-refractivity contribution is 5.81. The molecule has 0 spiro atoms. The summed E-state index contributed by atoms with van der Waals surface area (Å²) in [5.41, 5.74) is -4.28. The fraction of sp³-hybridized carbons (Fsp3) is 0.625. The molecule has 0 fully saturated rings. The van der Waals surface area contributed by atoms with Crippen LogP contribution in [0.2, 0.25) is 0 Å². The van der Waals surface area contributed by atoms with Crippen LogP contribution in [0.1, 0.15) is 6.92 Å². The number of carbonyl (C=O) groups is 1. The summed E-state index contributed by atoms with van der Waals surface area (Å²) < 4.78 is 65.7. The molecule has 3 nitrogen and oxygen atoms in total. The molecule has 0 heterocycles. The maximum atomic E-state index is 12.9. The zero-order chi connectivity index (χ0) is 13.2. The van der Waals surface area contributed by atoms with Crippen LogP contribution in [0, 0.1) is 0 Å². The average Bonchev–Trinajstić information content (AvgIpc) is 2.12. The van der Waals surface area contributed by atoms with Gasteiger partial charge in [0.1, 0.15) is 0 Å². The lowest BCUT2D eigenvalue weighted by atomic mass is 9.98. The molecule has 1 atom stereocenters. The molecule has 1 N–H and O–H groups in total. The highest BCUT2D eigenvalue weighted by Crippen LogP contribution is 2.41. The van der Waals surface area contributed by atoms with Crippen molar-refractivity contribution in [1.82, 2.24) is 0 Å². The van der Waals surface area contributed by atoms with Gasteiger partial charge in [0.25, 0.3) is 0 Å². The molecule has 0 amide bonds. The Morgan fingerprint density at radius 1 is 1.38 bits per heavy atom. The Kier molecular flexibility index (Phi) is 4.04. The number of hydrogen-bond acceptors (Lipinski definition) is 3. The summed E-state index contributed by atoms with van der Waals surface area (Å²) in [6.07, 6.45) is -5.03. The average molecular weight is 248 g/mol. The van der Waals surface area contributed by atoms with Gasteiger partial charge in [-0.15, -0.1) is 0 Å². The molecule has 0 saturated heterocycles. The summed E-state index contributed by atoms with van der Waals surface area (Å²) in [6, 6.07) is 0. The van der Waals surface area contributed by atoms with Gasteiger partial charge in [0.05, 0.1) is 0 Å². The molecule has 0 aliphatic heterocycles. The Morgan fingerprint density at radius 2 is 1.81 bits per heavy atom. The quantitative estimate of drug-likeness (QED) is 0.467. The SMILES string of the molecule is C=CC(=O)OCC(F)(F)C(C)(O)C(F)(F)F. The van der Waals surface area contributed by atoms with E-state index in [4.69, 9.17) is 5.11 Å². The van der Waals surface area contributed by atoms with E-state index in [1.807, 2.05) is 0 Å². The number of hydrogen-bond donors (Lipinski definition) is 1. The van der Waals surface area contributed by atoms with E-state index in [0.29, 0.717) is 6.08 Å². The summed E-state index contributed by atoms with van der Waals surface area (Å²) >= 11 is 0. The summed E-state index contributed by atoms with van der Waals surface area (Å²) in [6.45, 7) is 0.881. The standard InChI is InChI=1S/C8H9F5O3/c1-3-5(14)16-4-7(9,10)6(2,15)8(11,12)13/h3,15H,1,4H2,2H3. The molecule has 0 radical (unpaired) electrons. The minimum Gasteiger partial charge on any atom is -0.456 e. The van der Waals surface area contributed by atoms with Crippen LogP contribution >= 0.6 is 0 Å². The minimum atomic E-state index is -5.54. The van der Waals surface area contributed by atoms with Crippen LogP contribution in [0.15, 0.2) is 12.7 Å². The first-order valence-electron chi connectivity index (χ1n) is 3.92. The Labute approximate surface area is 87.5 Å². The molecule has 8 heteroatoms.